The molecule has 0 bridgehead atoms. The number of hydrogen-bond acceptors (Lipinski definition) is 3. The molecule has 0 unspecified atom stereocenters. The number of nitrogens with one attached hydrogen (secondary N) is 2. The highest BCUT2D eigenvalue weighted by Crippen LogP contribution is 2.15. The molecule has 5 nitrogen and oxygen atoms in total. The van der Waals surface area contributed by atoms with Gasteiger partial charge in [0.05, 0.1) is 17.8 Å². The van der Waals surface area contributed by atoms with Gasteiger partial charge in [-0.1, -0.05) is 55.8 Å². The number of hydrogen-bond donors (Lipinski definition) is 2. The number of amides is 2. The van der Waals surface area contributed by atoms with E-state index in [4.69, 9.17) is 0 Å². The normalized spacial score (nSPS) is 11.0. The minimum absolute atomic E-state index is 0.141. The molecule has 2 N–H and O–H groups in total. The number of halogens is 1. The second-order valence-corrected chi connectivity index (χ2v) is 6.23. The van der Waals surface area contributed by atoms with Crippen LogP contribution >= 0.6 is 15.9 Å². The van der Waals surface area contributed by atoms with Crippen molar-refractivity contribution >= 4 is 33.5 Å². The second kappa shape index (κ2) is 9.74. The standard InChI is InChI=1S/C19H20BrN3O2/c1-2-8-17(14-9-4-3-5-10-14)22-23-18(24)13-21-19(25)15-11-6-7-12-16(15)20/h3-7,9-12H,2,8,13H2,1H3,(H,21,25)(H,23,24)/b22-17-. The predicted octanol–water partition coefficient (Wildman–Crippen LogP) is 3.50. The highest BCUT2D eigenvalue weighted by atomic mass is 79.9. The molecule has 0 radical (unpaired) electrons. The first-order valence-corrected chi connectivity index (χ1v) is 8.84. The molecule has 0 saturated carbocycles. The molecule has 130 valence electrons. The van der Waals surface area contributed by atoms with Crippen LogP contribution in [-0.4, -0.2) is 24.1 Å². The summed E-state index contributed by atoms with van der Waals surface area (Å²) in [4.78, 5) is 24.0. The zero-order valence-corrected chi connectivity index (χ0v) is 15.5. The smallest absolute Gasteiger partial charge is 0.259 e. The molecular formula is C19H20BrN3O2. The van der Waals surface area contributed by atoms with Crippen molar-refractivity contribution < 1.29 is 9.59 Å². The summed E-state index contributed by atoms with van der Waals surface area (Å²) < 4.78 is 0.681. The molecule has 2 amide bonds. The van der Waals surface area contributed by atoms with E-state index in [0.717, 1.165) is 24.1 Å². The minimum Gasteiger partial charge on any atom is -0.343 e. The van der Waals surface area contributed by atoms with Crippen molar-refractivity contribution in [1.29, 1.82) is 0 Å². The number of benzene rings is 2. The van der Waals surface area contributed by atoms with E-state index in [1.165, 1.54) is 0 Å². The number of nitrogens with zero attached hydrogens (tertiary/aromatic N) is 1. The lowest BCUT2D eigenvalue weighted by molar-refractivity contribution is -0.120. The van der Waals surface area contributed by atoms with Gasteiger partial charge in [0.25, 0.3) is 11.8 Å². The third-order valence-corrected chi connectivity index (χ3v) is 4.13. The zero-order valence-electron chi connectivity index (χ0n) is 14.0. The lowest BCUT2D eigenvalue weighted by Crippen LogP contribution is -2.35. The lowest BCUT2D eigenvalue weighted by Gasteiger charge is -2.08. The molecule has 2 aromatic rings. The van der Waals surface area contributed by atoms with Crippen molar-refractivity contribution in [3.05, 3.63) is 70.2 Å². The first-order valence-electron chi connectivity index (χ1n) is 8.05. The van der Waals surface area contributed by atoms with Gasteiger partial charge in [0.1, 0.15) is 0 Å². The van der Waals surface area contributed by atoms with Gasteiger partial charge in [-0.15, -0.1) is 0 Å². The maximum absolute atomic E-state index is 12.1. The van der Waals surface area contributed by atoms with Crippen LogP contribution in [0.5, 0.6) is 0 Å². The Bertz CT molecular complexity index is 760. The summed E-state index contributed by atoms with van der Waals surface area (Å²) in [7, 11) is 0. The van der Waals surface area contributed by atoms with Gasteiger partial charge in [-0.3, -0.25) is 9.59 Å². The van der Waals surface area contributed by atoms with Crippen molar-refractivity contribution in [2.75, 3.05) is 6.54 Å². The summed E-state index contributed by atoms with van der Waals surface area (Å²) in [5.41, 5.74) is 4.78. The van der Waals surface area contributed by atoms with Crippen molar-refractivity contribution in [2.24, 2.45) is 5.10 Å². The van der Waals surface area contributed by atoms with Crippen LogP contribution in [0, 0.1) is 0 Å². The summed E-state index contributed by atoms with van der Waals surface area (Å²) in [6, 6.07) is 16.7. The van der Waals surface area contributed by atoms with Gasteiger partial charge in [-0.2, -0.15) is 5.10 Å². The number of carbonyl (C=O) groups is 2. The van der Waals surface area contributed by atoms with E-state index in [9.17, 15) is 9.59 Å². The highest BCUT2D eigenvalue weighted by molar-refractivity contribution is 9.10. The predicted molar refractivity (Wildman–Crippen MR) is 103 cm³/mol. The quantitative estimate of drug-likeness (QED) is 0.550. The molecule has 0 atom stereocenters. The molecular weight excluding hydrogens is 382 g/mol. The molecule has 0 spiro atoms. The van der Waals surface area contributed by atoms with Crippen LogP contribution in [0.1, 0.15) is 35.7 Å². The van der Waals surface area contributed by atoms with Crippen LogP contribution in [-0.2, 0) is 4.79 Å². The first-order chi connectivity index (χ1) is 12.1. The first kappa shape index (κ1) is 18.9. The monoisotopic (exact) mass is 401 g/mol. The molecule has 0 fully saturated rings. The average Bonchev–Trinajstić information content (AvgIpc) is 2.64. The van der Waals surface area contributed by atoms with Crippen LogP contribution in [0.2, 0.25) is 0 Å². The van der Waals surface area contributed by atoms with Crippen molar-refractivity contribution in [3.63, 3.8) is 0 Å². The fourth-order valence-corrected chi connectivity index (χ4v) is 2.67. The van der Waals surface area contributed by atoms with Gasteiger partial charge in [-0.05, 0) is 40.0 Å². The molecule has 6 heteroatoms. The molecule has 2 rings (SSSR count). The molecule has 0 aliphatic heterocycles. The van der Waals surface area contributed by atoms with Crippen molar-refractivity contribution in [1.82, 2.24) is 10.7 Å². The van der Waals surface area contributed by atoms with E-state index < -0.39 is 0 Å². The Labute approximate surface area is 155 Å². The van der Waals surface area contributed by atoms with Crippen LogP contribution in [0.25, 0.3) is 0 Å². The summed E-state index contributed by atoms with van der Waals surface area (Å²) >= 11 is 3.31. The summed E-state index contributed by atoms with van der Waals surface area (Å²) in [5, 5.41) is 6.79. The van der Waals surface area contributed by atoms with E-state index in [2.05, 4.69) is 38.7 Å². The lowest BCUT2D eigenvalue weighted by atomic mass is 10.1. The number of rotatable bonds is 7. The van der Waals surface area contributed by atoms with Gasteiger partial charge >= 0.3 is 0 Å². The molecule has 0 saturated heterocycles. The Kier molecular flexibility index (Phi) is 7.35. The number of carbonyl (C=O) groups excluding carboxylic acids is 2. The molecule has 0 aliphatic rings. The highest BCUT2D eigenvalue weighted by Gasteiger charge is 2.10. The van der Waals surface area contributed by atoms with Crippen LogP contribution < -0.4 is 10.7 Å². The van der Waals surface area contributed by atoms with Crippen LogP contribution in [0.3, 0.4) is 0 Å². The third kappa shape index (κ3) is 5.83. The van der Waals surface area contributed by atoms with Crippen molar-refractivity contribution in [2.45, 2.75) is 19.8 Å². The largest absolute Gasteiger partial charge is 0.343 e. The summed E-state index contributed by atoms with van der Waals surface area (Å²) in [6.07, 6.45) is 1.68. The molecule has 0 aromatic heterocycles. The van der Waals surface area contributed by atoms with Gasteiger partial charge in [0, 0.05) is 4.47 Å². The Morgan fingerprint density at radius 1 is 1.04 bits per heavy atom. The zero-order chi connectivity index (χ0) is 18.1. The SMILES string of the molecule is CCC/C(=N/NC(=O)CNC(=O)c1ccccc1Br)c1ccccc1. The van der Waals surface area contributed by atoms with Gasteiger partial charge in [0.2, 0.25) is 0 Å². The van der Waals surface area contributed by atoms with Crippen LogP contribution in [0.15, 0.2) is 64.2 Å². The summed E-state index contributed by atoms with van der Waals surface area (Å²) in [6.45, 7) is 1.91. The number of hydrazone groups is 1. The average molecular weight is 402 g/mol. The molecule has 25 heavy (non-hydrogen) atoms. The Balaban J connectivity index is 1.92. The fraction of sp³-hybridized carbons (Fsp3) is 0.211. The van der Waals surface area contributed by atoms with Gasteiger partial charge in [0.15, 0.2) is 0 Å². The fourth-order valence-electron chi connectivity index (χ4n) is 2.20. The topological polar surface area (TPSA) is 70.6 Å². The van der Waals surface area contributed by atoms with E-state index in [-0.39, 0.29) is 18.4 Å². The molecule has 2 aromatic carbocycles. The van der Waals surface area contributed by atoms with Gasteiger partial charge < -0.3 is 5.32 Å². The molecule has 0 heterocycles. The van der Waals surface area contributed by atoms with E-state index >= 15 is 0 Å². The van der Waals surface area contributed by atoms with Crippen molar-refractivity contribution in [3.8, 4) is 0 Å². The van der Waals surface area contributed by atoms with E-state index in [0.29, 0.717) is 10.0 Å². The van der Waals surface area contributed by atoms with Crippen LogP contribution in [0.4, 0.5) is 0 Å². The van der Waals surface area contributed by atoms with E-state index in [1.54, 1.807) is 18.2 Å². The van der Waals surface area contributed by atoms with Gasteiger partial charge in [-0.25, -0.2) is 5.43 Å². The Morgan fingerprint density at radius 2 is 1.72 bits per heavy atom. The minimum atomic E-state index is -0.370. The molecule has 0 aliphatic carbocycles. The maximum atomic E-state index is 12.1. The third-order valence-electron chi connectivity index (χ3n) is 3.44. The Morgan fingerprint density at radius 3 is 2.40 bits per heavy atom. The summed E-state index contributed by atoms with van der Waals surface area (Å²) in [5.74, 6) is -0.687. The van der Waals surface area contributed by atoms with E-state index in [1.807, 2.05) is 36.4 Å². The second-order valence-electron chi connectivity index (χ2n) is 5.37. The Hall–Kier alpha value is -2.47. The maximum Gasteiger partial charge on any atom is 0.259 e.